The SMILES string of the molecule is Cc1ccccc1NC(=S)NC(CC(=O)C(C)(C)C)C(=O)O. The Bertz CT molecular complexity index is 579. The van der Waals surface area contributed by atoms with Gasteiger partial charge in [0.1, 0.15) is 11.8 Å². The van der Waals surface area contributed by atoms with Gasteiger partial charge in [-0.3, -0.25) is 4.79 Å². The highest BCUT2D eigenvalue weighted by Crippen LogP contribution is 2.18. The van der Waals surface area contributed by atoms with Crippen molar-refractivity contribution in [3.05, 3.63) is 29.8 Å². The minimum atomic E-state index is -1.11. The Morgan fingerprint density at radius 1 is 1.27 bits per heavy atom. The fourth-order valence-corrected chi connectivity index (χ4v) is 1.97. The number of carbonyl (C=O) groups excluding carboxylic acids is 1. The Labute approximate surface area is 136 Å². The van der Waals surface area contributed by atoms with Crippen molar-refractivity contribution in [1.82, 2.24) is 5.32 Å². The molecule has 0 saturated carbocycles. The maximum Gasteiger partial charge on any atom is 0.326 e. The molecule has 3 N–H and O–H groups in total. The normalized spacial score (nSPS) is 12.4. The Morgan fingerprint density at radius 3 is 2.36 bits per heavy atom. The Morgan fingerprint density at radius 2 is 1.86 bits per heavy atom. The smallest absolute Gasteiger partial charge is 0.326 e. The van der Waals surface area contributed by atoms with E-state index in [1.54, 1.807) is 20.8 Å². The monoisotopic (exact) mass is 322 g/mol. The number of Topliss-reactive ketones (excluding diaryl/α,β-unsaturated/α-hetero) is 1. The summed E-state index contributed by atoms with van der Waals surface area (Å²) >= 11 is 5.14. The average Bonchev–Trinajstić information content (AvgIpc) is 2.39. The zero-order chi connectivity index (χ0) is 16.9. The van der Waals surface area contributed by atoms with Crippen LogP contribution >= 0.6 is 12.2 Å². The van der Waals surface area contributed by atoms with Gasteiger partial charge in [-0.2, -0.15) is 0 Å². The molecular weight excluding hydrogens is 300 g/mol. The number of nitrogens with one attached hydrogen (secondary N) is 2. The molecule has 0 saturated heterocycles. The number of anilines is 1. The lowest BCUT2D eigenvalue weighted by Gasteiger charge is -2.22. The predicted octanol–water partition coefficient (Wildman–Crippen LogP) is 2.74. The molecule has 0 spiro atoms. The molecule has 0 amide bonds. The summed E-state index contributed by atoms with van der Waals surface area (Å²) in [6.45, 7) is 7.21. The number of carboxylic acids is 1. The lowest BCUT2D eigenvalue weighted by molar-refractivity contribution is -0.141. The molecular formula is C16H22N2O3S. The molecule has 120 valence electrons. The molecule has 0 bridgehead atoms. The zero-order valence-electron chi connectivity index (χ0n) is 13.3. The van der Waals surface area contributed by atoms with Crippen molar-refractivity contribution >= 4 is 34.8 Å². The summed E-state index contributed by atoms with van der Waals surface area (Å²) in [5.74, 6) is -1.24. The fraction of sp³-hybridized carbons (Fsp3) is 0.438. The van der Waals surface area contributed by atoms with E-state index in [9.17, 15) is 14.7 Å². The number of rotatable bonds is 5. The number of hydrogen-bond donors (Lipinski definition) is 3. The van der Waals surface area contributed by atoms with Gasteiger partial charge in [0.15, 0.2) is 5.11 Å². The van der Waals surface area contributed by atoms with Gasteiger partial charge in [0.2, 0.25) is 0 Å². The third kappa shape index (κ3) is 5.44. The highest BCUT2D eigenvalue weighted by atomic mass is 32.1. The molecule has 1 unspecified atom stereocenters. The van der Waals surface area contributed by atoms with Crippen molar-refractivity contribution in [2.45, 2.75) is 40.2 Å². The number of aryl methyl sites for hydroxylation is 1. The standard InChI is InChI=1S/C16H22N2O3S/c1-10-7-5-6-8-11(10)17-15(22)18-12(14(20)21)9-13(19)16(2,3)4/h5-8,12H,9H2,1-4H3,(H,20,21)(H2,17,18,22). The molecule has 0 aliphatic rings. The second-order valence-corrected chi connectivity index (χ2v) is 6.59. The third-order valence-electron chi connectivity index (χ3n) is 3.22. The molecule has 1 aromatic carbocycles. The molecule has 6 heteroatoms. The van der Waals surface area contributed by atoms with Crippen molar-refractivity contribution in [3.8, 4) is 0 Å². The molecule has 0 radical (unpaired) electrons. The van der Waals surface area contributed by atoms with E-state index in [2.05, 4.69) is 10.6 Å². The van der Waals surface area contributed by atoms with Crippen LogP contribution in [0.5, 0.6) is 0 Å². The quantitative estimate of drug-likeness (QED) is 0.724. The summed E-state index contributed by atoms with van der Waals surface area (Å²) in [7, 11) is 0. The third-order valence-corrected chi connectivity index (χ3v) is 3.44. The van der Waals surface area contributed by atoms with E-state index in [0.29, 0.717) is 0 Å². The molecule has 1 rings (SSSR count). The first kappa shape index (κ1) is 18.1. The van der Waals surface area contributed by atoms with Gasteiger partial charge >= 0.3 is 5.97 Å². The molecule has 0 aliphatic carbocycles. The van der Waals surface area contributed by atoms with E-state index in [1.165, 1.54) is 0 Å². The van der Waals surface area contributed by atoms with Gasteiger partial charge in [-0.25, -0.2) is 4.79 Å². The van der Waals surface area contributed by atoms with Crippen LogP contribution in [0.3, 0.4) is 0 Å². The number of carboxylic acid groups (broad SMARTS) is 1. The van der Waals surface area contributed by atoms with Gasteiger partial charge in [0, 0.05) is 17.5 Å². The topological polar surface area (TPSA) is 78.4 Å². The summed E-state index contributed by atoms with van der Waals surface area (Å²) < 4.78 is 0. The zero-order valence-corrected chi connectivity index (χ0v) is 14.1. The highest BCUT2D eigenvalue weighted by Gasteiger charge is 2.28. The minimum Gasteiger partial charge on any atom is -0.480 e. The Balaban J connectivity index is 2.71. The van der Waals surface area contributed by atoms with Crippen molar-refractivity contribution < 1.29 is 14.7 Å². The largest absolute Gasteiger partial charge is 0.480 e. The van der Waals surface area contributed by atoms with Gasteiger partial charge in [-0.05, 0) is 30.8 Å². The first-order chi connectivity index (χ1) is 10.1. The molecule has 22 heavy (non-hydrogen) atoms. The second kappa shape index (κ2) is 7.35. The van der Waals surface area contributed by atoms with E-state index in [1.807, 2.05) is 31.2 Å². The van der Waals surface area contributed by atoms with Crippen LogP contribution in [-0.4, -0.2) is 28.0 Å². The van der Waals surface area contributed by atoms with Gasteiger partial charge in [0.05, 0.1) is 0 Å². The van der Waals surface area contributed by atoms with E-state index in [0.717, 1.165) is 11.3 Å². The Hall–Kier alpha value is -1.95. The highest BCUT2D eigenvalue weighted by molar-refractivity contribution is 7.80. The summed E-state index contributed by atoms with van der Waals surface area (Å²) in [6, 6.07) is 6.48. The lowest BCUT2D eigenvalue weighted by Crippen LogP contribution is -2.45. The predicted molar refractivity (Wildman–Crippen MR) is 91.0 cm³/mol. The van der Waals surface area contributed by atoms with Gasteiger partial charge in [-0.15, -0.1) is 0 Å². The van der Waals surface area contributed by atoms with E-state index >= 15 is 0 Å². The number of para-hydroxylation sites is 1. The van der Waals surface area contributed by atoms with E-state index in [-0.39, 0.29) is 17.3 Å². The lowest BCUT2D eigenvalue weighted by atomic mass is 9.87. The van der Waals surface area contributed by atoms with Crippen LogP contribution in [0.25, 0.3) is 0 Å². The number of benzene rings is 1. The van der Waals surface area contributed by atoms with Crippen molar-refractivity contribution in [2.75, 3.05) is 5.32 Å². The second-order valence-electron chi connectivity index (χ2n) is 6.18. The average molecular weight is 322 g/mol. The number of carbonyl (C=O) groups is 2. The van der Waals surface area contributed by atoms with Crippen LogP contribution in [-0.2, 0) is 9.59 Å². The maximum atomic E-state index is 12.0. The van der Waals surface area contributed by atoms with Crippen molar-refractivity contribution in [1.29, 1.82) is 0 Å². The van der Waals surface area contributed by atoms with Crippen LogP contribution in [0, 0.1) is 12.3 Å². The summed E-state index contributed by atoms with van der Waals surface area (Å²) in [4.78, 5) is 23.3. The number of thiocarbonyl (C=S) groups is 1. The van der Waals surface area contributed by atoms with Gasteiger partial charge in [0.25, 0.3) is 0 Å². The maximum absolute atomic E-state index is 12.0. The minimum absolute atomic E-state index is 0.117. The van der Waals surface area contributed by atoms with Crippen LogP contribution in [0.15, 0.2) is 24.3 Å². The van der Waals surface area contributed by atoms with Gasteiger partial charge < -0.3 is 15.7 Å². The molecule has 1 atom stereocenters. The van der Waals surface area contributed by atoms with Crippen molar-refractivity contribution in [2.24, 2.45) is 5.41 Å². The first-order valence-corrected chi connectivity index (χ1v) is 7.41. The number of ketones is 1. The van der Waals surface area contributed by atoms with E-state index in [4.69, 9.17) is 12.2 Å². The summed E-state index contributed by atoms with van der Waals surface area (Å²) in [5, 5.41) is 15.1. The molecule has 0 heterocycles. The molecule has 0 aromatic heterocycles. The fourth-order valence-electron chi connectivity index (χ4n) is 1.72. The first-order valence-electron chi connectivity index (χ1n) is 7.00. The summed E-state index contributed by atoms with van der Waals surface area (Å²) in [5.41, 5.74) is 1.20. The molecule has 0 aliphatic heterocycles. The molecule has 0 fully saturated rings. The van der Waals surface area contributed by atoms with Gasteiger partial charge in [-0.1, -0.05) is 39.0 Å². The van der Waals surface area contributed by atoms with E-state index < -0.39 is 17.4 Å². The van der Waals surface area contributed by atoms with Crippen LogP contribution < -0.4 is 10.6 Å². The molecule has 1 aromatic rings. The molecule has 5 nitrogen and oxygen atoms in total. The van der Waals surface area contributed by atoms with Crippen LogP contribution in [0.4, 0.5) is 5.69 Å². The van der Waals surface area contributed by atoms with Crippen LogP contribution in [0.1, 0.15) is 32.8 Å². The van der Waals surface area contributed by atoms with Crippen LogP contribution in [0.2, 0.25) is 0 Å². The Kier molecular flexibility index (Phi) is 6.05. The summed E-state index contributed by atoms with van der Waals surface area (Å²) in [6.07, 6.45) is -0.117. The number of aliphatic carboxylic acids is 1. The van der Waals surface area contributed by atoms with Crippen molar-refractivity contribution in [3.63, 3.8) is 0 Å². The number of hydrogen-bond acceptors (Lipinski definition) is 3.